The highest BCUT2D eigenvalue weighted by Gasteiger charge is 2.50. The van der Waals surface area contributed by atoms with Gasteiger partial charge in [0, 0.05) is 12.1 Å². The van der Waals surface area contributed by atoms with Crippen molar-refractivity contribution in [2.24, 2.45) is 0 Å². The molecule has 1 unspecified atom stereocenters. The first kappa shape index (κ1) is 12.5. The highest BCUT2D eigenvalue weighted by molar-refractivity contribution is 6.00. The van der Waals surface area contributed by atoms with E-state index in [0.717, 1.165) is 6.07 Å². The Kier molecular flexibility index (Phi) is 2.84. The van der Waals surface area contributed by atoms with Crippen molar-refractivity contribution in [3.63, 3.8) is 0 Å². The lowest BCUT2D eigenvalue weighted by Gasteiger charge is -2.47. The third kappa shape index (κ3) is 1.75. The van der Waals surface area contributed by atoms with Crippen molar-refractivity contribution >= 4 is 11.9 Å². The van der Waals surface area contributed by atoms with Crippen LogP contribution in [0.25, 0.3) is 0 Å². The van der Waals surface area contributed by atoms with Gasteiger partial charge in [0.05, 0.1) is 0 Å². The van der Waals surface area contributed by atoms with Crippen LogP contribution < -0.4 is 0 Å². The molecule has 96 valence electrons. The molecule has 1 aromatic rings. The van der Waals surface area contributed by atoms with Crippen LogP contribution in [0.1, 0.15) is 29.3 Å². The van der Waals surface area contributed by atoms with E-state index in [2.05, 4.69) is 0 Å². The van der Waals surface area contributed by atoms with E-state index in [1.54, 1.807) is 6.92 Å². The molecule has 0 bridgehead atoms. The van der Waals surface area contributed by atoms with Gasteiger partial charge in [-0.25, -0.2) is 9.18 Å². The Bertz CT molecular complexity index is 529. The lowest BCUT2D eigenvalue weighted by Crippen LogP contribution is -2.64. The van der Waals surface area contributed by atoms with Crippen molar-refractivity contribution < 1.29 is 19.1 Å². The van der Waals surface area contributed by atoms with Crippen LogP contribution in [-0.4, -0.2) is 34.0 Å². The van der Waals surface area contributed by atoms with Gasteiger partial charge >= 0.3 is 5.97 Å². The van der Waals surface area contributed by atoms with Crippen molar-refractivity contribution in [1.29, 1.82) is 0 Å². The van der Waals surface area contributed by atoms with Crippen LogP contribution in [0, 0.1) is 12.7 Å². The van der Waals surface area contributed by atoms with E-state index in [1.165, 1.54) is 24.0 Å². The topological polar surface area (TPSA) is 57.6 Å². The molecular weight excluding hydrogens is 237 g/mol. The molecular formula is C13H14FNO3. The first-order chi connectivity index (χ1) is 8.36. The molecule has 1 amide bonds. The van der Waals surface area contributed by atoms with E-state index in [0.29, 0.717) is 18.5 Å². The zero-order valence-corrected chi connectivity index (χ0v) is 10.2. The predicted molar refractivity (Wildman–Crippen MR) is 62.8 cm³/mol. The van der Waals surface area contributed by atoms with E-state index in [4.69, 9.17) is 5.11 Å². The smallest absolute Gasteiger partial charge is 0.329 e. The fraction of sp³-hybridized carbons (Fsp3) is 0.385. The summed E-state index contributed by atoms with van der Waals surface area (Å²) in [5.41, 5.74) is -0.307. The molecule has 18 heavy (non-hydrogen) atoms. The molecule has 0 aromatic heterocycles. The molecule has 1 aliphatic rings. The minimum atomic E-state index is -1.17. The zero-order valence-electron chi connectivity index (χ0n) is 10.2. The van der Waals surface area contributed by atoms with E-state index in [9.17, 15) is 14.0 Å². The summed E-state index contributed by atoms with van der Waals surface area (Å²) in [7, 11) is 0. The number of amides is 1. The first-order valence-electron chi connectivity index (χ1n) is 5.68. The Morgan fingerprint density at radius 2 is 2.11 bits per heavy atom. The minimum Gasteiger partial charge on any atom is -0.480 e. The van der Waals surface area contributed by atoms with Gasteiger partial charge < -0.3 is 10.0 Å². The molecule has 2 rings (SSSR count). The van der Waals surface area contributed by atoms with Crippen LogP contribution in [0.5, 0.6) is 0 Å². The van der Waals surface area contributed by atoms with E-state index >= 15 is 0 Å². The molecule has 0 saturated carbocycles. The van der Waals surface area contributed by atoms with Crippen LogP contribution in [-0.2, 0) is 4.79 Å². The number of hydrogen-bond donors (Lipinski definition) is 1. The Hall–Kier alpha value is -1.91. The SMILES string of the molecule is Cc1ccc(F)cc1C(=O)N1CCC1(C)C(=O)O. The standard InChI is InChI=1S/C13H14FNO3/c1-8-3-4-9(14)7-10(8)11(16)15-6-5-13(15,2)12(17)18/h3-4,7H,5-6H2,1-2H3,(H,17,18). The second-order valence-electron chi connectivity index (χ2n) is 4.75. The van der Waals surface area contributed by atoms with Crippen molar-refractivity contribution in [2.45, 2.75) is 25.8 Å². The van der Waals surface area contributed by atoms with Crippen LogP contribution in [0.15, 0.2) is 18.2 Å². The predicted octanol–water partition coefficient (Wildman–Crippen LogP) is 1.82. The number of carbonyl (C=O) groups is 2. The van der Waals surface area contributed by atoms with Crippen LogP contribution >= 0.6 is 0 Å². The summed E-state index contributed by atoms with van der Waals surface area (Å²) in [5, 5.41) is 9.11. The number of carboxylic acid groups (broad SMARTS) is 1. The summed E-state index contributed by atoms with van der Waals surface area (Å²) >= 11 is 0. The summed E-state index contributed by atoms with van der Waals surface area (Å²) < 4.78 is 13.2. The largest absolute Gasteiger partial charge is 0.480 e. The number of aryl methyl sites for hydroxylation is 1. The van der Waals surface area contributed by atoms with Gasteiger partial charge in [-0.05, 0) is 38.0 Å². The summed E-state index contributed by atoms with van der Waals surface area (Å²) in [6.07, 6.45) is 0.419. The highest BCUT2D eigenvalue weighted by atomic mass is 19.1. The molecule has 1 aromatic carbocycles. The summed E-state index contributed by atoms with van der Waals surface area (Å²) in [4.78, 5) is 24.6. The molecule has 1 N–H and O–H groups in total. The second-order valence-corrected chi connectivity index (χ2v) is 4.75. The van der Waals surface area contributed by atoms with Gasteiger partial charge in [-0.15, -0.1) is 0 Å². The molecule has 1 heterocycles. The van der Waals surface area contributed by atoms with Crippen molar-refractivity contribution in [1.82, 2.24) is 4.90 Å². The van der Waals surface area contributed by atoms with Gasteiger partial charge in [0.2, 0.25) is 0 Å². The number of rotatable bonds is 2. The maximum Gasteiger partial charge on any atom is 0.329 e. The number of halogens is 1. The van der Waals surface area contributed by atoms with Crippen molar-refractivity contribution in [3.05, 3.63) is 35.1 Å². The van der Waals surface area contributed by atoms with Gasteiger partial charge in [0.1, 0.15) is 11.4 Å². The highest BCUT2D eigenvalue weighted by Crippen LogP contribution is 2.32. The number of carboxylic acids is 1. The molecule has 0 aliphatic carbocycles. The number of hydrogen-bond acceptors (Lipinski definition) is 2. The van der Waals surface area contributed by atoms with Crippen molar-refractivity contribution in [2.75, 3.05) is 6.54 Å². The zero-order chi connectivity index (χ0) is 13.5. The second kappa shape index (κ2) is 4.08. The normalized spacial score (nSPS) is 22.5. The fourth-order valence-corrected chi connectivity index (χ4v) is 2.08. The first-order valence-corrected chi connectivity index (χ1v) is 5.68. The number of nitrogens with zero attached hydrogens (tertiary/aromatic N) is 1. The summed E-state index contributed by atoms with van der Waals surface area (Å²) in [5.74, 6) is -1.96. The average molecular weight is 251 g/mol. The van der Waals surface area contributed by atoms with E-state index in [-0.39, 0.29) is 5.56 Å². The van der Waals surface area contributed by atoms with Gasteiger partial charge in [-0.1, -0.05) is 6.07 Å². The number of likely N-dealkylation sites (tertiary alicyclic amines) is 1. The van der Waals surface area contributed by atoms with Gasteiger partial charge in [-0.2, -0.15) is 0 Å². The average Bonchev–Trinajstić information content (AvgIpc) is 2.29. The molecule has 0 radical (unpaired) electrons. The Morgan fingerprint density at radius 3 is 2.61 bits per heavy atom. The maximum absolute atomic E-state index is 13.2. The number of aliphatic carboxylic acids is 1. The fourth-order valence-electron chi connectivity index (χ4n) is 2.08. The van der Waals surface area contributed by atoms with Gasteiger partial charge in [-0.3, -0.25) is 4.79 Å². The summed E-state index contributed by atoms with van der Waals surface area (Å²) in [6.45, 7) is 3.59. The van der Waals surface area contributed by atoms with E-state index in [1.807, 2.05) is 0 Å². The van der Waals surface area contributed by atoms with E-state index < -0.39 is 23.2 Å². The molecule has 1 saturated heterocycles. The Balaban J connectivity index is 2.33. The molecule has 4 nitrogen and oxygen atoms in total. The quantitative estimate of drug-likeness (QED) is 0.872. The minimum absolute atomic E-state index is 0.224. The van der Waals surface area contributed by atoms with Crippen LogP contribution in [0.4, 0.5) is 4.39 Å². The van der Waals surface area contributed by atoms with Crippen molar-refractivity contribution in [3.8, 4) is 0 Å². The third-order valence-corrected chi connectivity index (χ3v) is 3.55. The Labute approximate surface area is 104 Å². The monoisotopic (exact) mass is 251 g/mol. The molecule has 1 fully saturated rings. The number of benzene rings is 1. The van der Waals surface area contributed by atoms with Crippen LogP contribution in [0.3, 0.4) is 0 Å². The Morgan fingerprint density at radius 1 is 1.44 bits per heavy atom. The summed E-state index contributed by atoms with van der Waals surface area (Å²) in [6, 6.07) is 3.94. The van der Waals surface area contributed by atoms with Crippen LogP contribution in [0.2, 0.25) is 0 Å². The maximum atomic E-state index is 13.2. The molecule has 1 atom stereocenters. The third-order valence-electron chi connectivity index (χ3n) is 3.55. The van der Waals surface area contributed by atoms with Gasteiger partial charge in [0.15, 0.2) is 0 Å². The molecule has 5 heteroatoms. The number of carbonyl (C=O) groups excluding carboxylic acids is 1. The lowest BCUT2D eigenvalue weighted by molar-refractivity contribution is -0.155. The van der Waals surface area contributed by atoms with Gasteiger partial charge in [0.25, 0.3) is 5.91 Å². The molecule has 1 aliphatic heterocycles. The molecule has 0 spiro atoms. The lowest BCUT2D eigenvalue weighted by atomic mass is 9.85.